The van der Waals surface area contributed by atoms with Gasteiger partial charge in [-0.3, -0.25) is 14.5 Å². The molecule has 2 aliphatic carbocycles. The van der Waals surface area contributed by atoms with E-state index >= 15 is 0 Å². The second-order valence-corrected chi connectivity index (χ2v) is 6.12. The summed E-state index contributed by atoms with van der Waals surface area (Å²) in [5.41, 5.74) is 0.417. The van der Waals surface area contributed by atoms with E-state index in [1.807, 2.05) is 0 Å². The maximum Gasteiger partial charge on any atom is 0.238 e. The molecule has 1 heterocycles. The number of phenolic OH excluding ortho intramolecular Hbond substituents is 1. The Hall–Kier alpha value is -1.92. The fraction of sp³-hybridized carbons (Fsp3) is 0.467. The third-order valence-electron chi connectivity index (χ3n) is 5.20. The van der Waals surface area contributed by atoms with Crippen LogP contribution in [0.5, 0.6) is 5.75 Å². The zero-order valence-corrected chi connectivity index (χ0v) is 11.1. The Labute approximate surface area is 120 Å². The molecule has 6 nitrogen and oxygen atoms in total. The highest BCUT2D eigenvalue weighted by Crippen LogP contribution is 2.56. The molecule has 3 fully saturated rings. The smallest absolute Gasteiger partial charge is 0.238 e. The highest BCUT2D eigenvalue weighted by atomic mass is 16.3. The molecule has 6 atom stereocenters. The molecule has 4 rings (SSSR count). The molecule has 1 saturated heterocycles. The van der Waals surface area contributed by atoms with Gasteiger partial charge in [-0.2, -0.15) is 0 Å². The maximum absolute atomic E-state index is 12.6. The fourth-order valence-corrected chi connectivity index (χ4v) is 4.29. The van der Waals surface area contributed by atoms with Crippen LogP contribution in [0.25, 0.3) is 0 Å². The van der Waals surface area contributed by atoms with Gasteiger partial charge in [0.2, 0.25) is 11.8 Å². The summed E-state index contributed by atoms with van der Waals surface area (Å²) in [5, 5.41) is 29.2. The summed E-state index contributed by atoms with van der Waals surface area (Å²) in [5.74, 6) is -2.31. The van der Waals surface area contributed by atoms with Crippen molar-refractivity contribution in [2.45, 2.75) is 18.6 Å². The maximum atomic E-state index is 12.6. The minimum atomic E-state index is -0.923. The van der Waals surface area contributed by atoms with Crippen molar-refractivity contribution in [3.63, 3.8) is 0 Å². The number of hydrogen-bond acceptors (Lipinski definition) is 5. The fourth-order valence-electron chi connectivity index (χ4n) is 4.29. The van der Waals surface area contributed by atoms with Gasteiger partial charge in [-0.1, -0.05) is 0 Å². The Morgan fingerprint density at radius 2 is 1.38 bits per heavy atom. The van der Waals surface area contributed by atoms with Crippen molar-refractivity contribution >= 4 is 17.5 Å². The zero-order chi connectivity index (χ0) is 14.9. The van der Waals surface area contributed by atoms with Gasteiger partial charge in [0.05, 0.1) is 29.7 Å². The summed E-state index contributed by atoms with van der Waals surface area (Å²) in [6, 6.07) is 5.87. The number of hydrogen-bond donors (Lipinski definition) is 3. The van der Waals surface area contributed by atoms with Crippen LogP contribution in [0.4, 0.5) is 5.69 Å². The molecule has 110 valence electrons. The summed E-state index contributed by atoms with van der Waals surface area (Å²) in [7, 11) is 0. The molecule has 3 aliphatic rings. The number of carbonyl (C=O) groups excluding carboxylic acids is 2. The number of imide groups is 1. The lowest BCUT2D eigenvalue weighted by Gasteiger charge is -2.29. The van der Waals surface area contributed by atoms with Crippen LogP contribution in [0.3, 0.4) is 0 Å². The van der Waals surface area contributed by atoms with Gasteiger partial charge in [-0.15, -0.1) is 0 Å². The first-order chi connectivity index (χ1) is 10.0. The Bertz CT molecular complexity index is 595. The summed E-state index contributed by atoms with van der Waals surface area (Å²) >= 11 is 0. The van der Waals surface area contributed by atoms with E-state index in [9.17, 15) is 24.9 Å². The Kier molecular flexibility index (Phi) is 2.47. The van der Waals surface area contributed by atoms with E-state index in [1.54, 1.807) is 0 Å². The van der Waals surface area contributed by atoms with Gasteiger partial charge in [-0.25, -0.2) is 0 Å². The number of carbonyl (C=O) groups is 2. The van der Waals surface area contributed by atoms with Gasteiger partial charge < -0.3 is 15.3 Å². The number of amides is 2. The largest absolute Gasteiger partial charge is 0.508 e. The van der Waals surface area contributed by atoms with Crippen molar-refractivity contribution in [3.05, 3.63) is 24.3 Å². The molecule has 1 aromatic rings. The average Bonchev–Trinajstić information content (AvgIpc) is 3.06. The minimum absolute atomic E-state index is 0.0592. The molecular formula is C15H15NO5. The first-order valence-electron chi connectivity index (χ1n) is 7.03. The molecule has 1 aliphatic heterocycles. The number of fused-ring (bicyclic) bond motifs is 5. The van der Waals surface area contributed by atoms with Crippen LogP contribution in [0, 0.1) is 23.7 Å². The standard InChI is InChI=1S/C15H15NO5/c17-7-3-1-6(2-4-7)16-14(20)10-8-5-9(11(10)15(16)21)13(19)12(8)18/h1-4,8-13,17-19H,5H2/t8-,9-,10-,11+,12-,13-/m1/s1. The van der Waals surface area contributed by atoms with Crippen LogP contribution in [0.1, 0.15) is 6.42 Å². The van der Waals surface area contributed by atoms with Gasteiger partial charge in [0.15, 0.2) is 0 Å². The van der Waals surface area contributed by atoms with Crippen molar-refractivity contribution in [2.75, 3.05) is 4.90 Å². The lowest BCUT2D eigenvalue weighted by atomic mass is 9.78. The quantitative estimate of drug-likeness (QED) is 0.626. The molecule has 0 radical (unpaired) electrons. The number of rotatable bonds is 1. The monoisotopic (exact) mass is 289 g/mol. The van der Waals surface area contributed by atoms with E-state index in [1.165, 1.54) is 24.3 Å². The van der Waals surface area contributed by atoms with Crippen molar-refractivity contribution in [1.29, 1.82) is 0 Å². The number of anilines is 1. The third-order valence-corrected chi connectivity index (χ3v) is 5.20. The summed E-state index contributed by atoms with van der Waals surface area (Å²) in [4.78, 5) is 26.3. The lowest BCUT2D eigenvalue weighted by molar-refractivity contribution is -0.129. The van der Waals surface area contributed by atoms with E-state index in [4.69, 9.17) is 0 Å². The average molecular weight is 289 g/mol. The summed E-state index contributed by atoms with van der Waals surface area (Å²) < 4.78 is 0. The number of phenols is 1. The first kappa shape index (κ1) is 12.8. The first-order valence-corrected chi connectivity index (χ1v) is 7.03. The second-order valence-electron chi connectivity index (χ2n) is 6.12. The van der Waals surface area contributed by atoms with E-state index < -0.39 is 24.0 Å². The van der Waals surface area contributed by atoms with Crippen molar-refractivity contribution < 1.29 is 24.9 Å². The van der Waals surface area contributed by atoms with Gasteiger partial charge >= 0.3 is 0 Å². The van der Waals surface area contributed by atoms with Crippen molar-refractivity contribution in [1.82, 2.24) is 0 Å². The SMILES string of the molecule is O=C1[C@@H]2[C@H]3C[C@@H]([C@@H](O)[C@@H]3O)[C@@H]2C(=O)N1c1ccc(O)cc1. The minimum Gasteiger partial charge on any atom is -0.508 e. The lowest BCUT2D eigenvalue weighted by Crippen LogP contribution is -2.43. The normalized spacial score (nSPS) is 41.0. The number of aliphatic hydroxyl groups excluding tert-OH is 2. The van der Waals surface area contributed by atoms with Gasteiger partial charge in [0.25, 0.3) is 0 Å². The molecule has 2 saturated carbocycles. The number of aromatic hydroxyl groups is 1. The molecular weight excluding hydrogens is 274 g/mol. The molecule has 1 aromatic carbocycles. The van der Waals surface area contributed by atoms with E-state index in [-0.39, 0.29) is 29.4 Å². The van der Waals surface area contributed by atoms with Crippen LogP contribution in [0.2, 0.25) is 0 Å². The molecule has 6 heteroatoms. The van der Waals surface area contributed by atoms with Gasteiger partial charge in [0.1, 0.15) is 5.75 Å². The second kappa shape index (κ2) is 4.05. The molecule has 2 amide bonds. The van der Waals surface area contributed by atoms with Crippen LogP contribution in [-0.2, 0) is 9.59 Å². The van der Waals surface area contributed by atoms with Crippen molar-refractivity contribution in [3.8, 4) is 5.75 Å². The summed E-state index contributed by atoms with van der Waals surface area (Å²) in [6.45, 7) is 0. The van der Waals surface area contributed by atoms with E-state index in [2.05, 4.69) is 0 Å². The zero-order valence-electron chi connectivity index (χ0n) is 11.1. The van der Waals surface area contributed by atoms with E-state index in [0.29, 0.717) is 12.1 Å². The molecule has 21 heavy (non-hydrogen) atoms. The Morgan fingerprint density at radius 1 is 0.905 bits per heavy atom. The van der Waals surface area contributed by atoms with Crippen LogP contribution < -0.4 is 4.90 Å². The van der Waals surface area contributed by atoms with Crippen LogP contribution >= 0.6 is 0 Å². The molecule has 0 unspecified atom stereocenters. The molecule has 2 bridgehead atoms. The summed E-state index contributed by atoms with van der Waals surface area (Å²) in [6.07, 6.45) is -1.32. The highest BCUT2D eigenvalue weighted by molar-refractivity contribution is 6.22. The van der Waals surface area contributed by atoms with Gasteiger partial charge in [0, 0.05) is 11.8 Å². The molecule has 0 aromatic heterocycles. The highest BCUT2D eigenvalue weighted by Gasteiger charge is 2.67. The Morgan fingerprint density at radius 3 is 1.86 bits per heavy atom. The number of benzene rings is 1. The third kappa shape index (κ3) is 1.49. The topological polar surface area (TPSA) is 98.1 Å². The van der Waals surface area contributed by atoms with Crippen molar-refractivity contribution in [2.24, 2.45) is 23.7 Å². The molecule has 0 spiro atoms. The predicted molar refractivity (Wildman–Crippen MR) is 71.2 cm³/mol. The number of nitrogens with zero attached hydrogens (tertiary/aromatic N) is 1. The number of aliphatic hydroxyl groups is 2. The molecule has 3 N–H and O–H groups in total. The van der Waals surface area contributed by atoms with Crippen LogP contribution in [0.15, 0.2) is 24.3 Å². The predicted octanol–water partition coefficient (Wildman–Crippen LogP) is -0.131. The van der Waals surface area contributed by atoms with Crippen LogP contribution in [-0.4, -0.2) is 39.3 Å². The van der Waals surface area contributed by atoms with E-state index in [0.717, 1.165) is 4.90 Å². The Balaban J connectivity index is 1.73. The van der Waals surface area contributed by atoms with Gasteiger partial charge in [-0.05, 0) is 30.7 Å².